The van der Waals surface area contributed by atoms with Gasteiger partial charge in [0.25, 0.3) is 0 Å². The summed E-state index contributed by atoms with van der Waals surface area (Å²) in [5, 5.41) is 13.2. The number of amides is 1. The molecule has 1 aromatic heterocycles. The van der Waals surface area contributed by atoms with Crippen molar-refractivity contribution in [1.29, 1.82) is 0 Å². The molecule has 3 nitrogen and oxygen atoms in total. The van der Waals surface area contributed by atoms with Crippen molar-refractivity contribution in [3.63, 3.8) is 0 Å². The Morgan fingerprint density at radius 1 is 1.37 bits per heavy atom. The predicted molar refractivity (Wildman–Crippen MR) is 76.5 cm³/mol. The van der Waals surface area contributed by atoms with E-state index in [0.29, 0.717) is 6.42 Å². The highest BCUT2D eigenvalue weighted by molar-refractivity contribution is 7.12. The van der Waals surface area contributed by atoms with Gasteiger partial charge in [-0.3, -0.25) is 4.79 Å². The Balaban J connectivity index is 1.90. The Labute approximate surface area is 115 Å². The highest BCUT2D eigenvalue weighted by Crippen LogP contribution is 2.32. The Morgan fingerprint density at radius 2 is 2.21 bits per heavy atom. The molecule has 3 rings (SSSR count). The van der Waals surface area contributed by atoms with Gasteiger partial charge in [0.15, 0.2) is 0 Å². The van der Waals surface area contributed by atoms with E-state index in [-0.39, 0.29) is 5.91 Å². The summed E-state index contributed by atoms with van der Waals surface area (Å²) >= 11 is 1.64. The molecule has 19 heavy (non-hydrogen) atoms. The van der Waals surface area contributed by atoms with Crippen molar-refractivity contribution in [2.75, 3.05) is 5.32 Å². The van der Waals surface area contributed by atoms with Gasteiger partial charge in [-0.15, -0.1) is 11.3 Å². The van der Waals surface area contributed by atoms with Crippen molar-refractivity contribution in [2.45, 2.75) is 25.9 Å². The van der Waals surface area contributed by atoms with Crippen LogP contribution in [0.4, 0.5) is 5.69 Å². The summed E-state index contributed by atoms with van der Waals surface area (Å²) in [4.78, 5) is 13.5. The number of carbonyl (C=O) groups is 1. The van der Waals surface area contributed by atoms with Gasteiger partial charge in [-0.1, -0.05) is 19.1 Å². The molecule has 1 amide bonds. The summed E-state index contributed by atoms with van der Waals surface area (Å²) in [6.07, 6.45) is 0.784. The minimum Gasteiger partial charge on any atom is -0.383 e. The summed E-state index contributed by atoms with van der Waals surface area (Å²) < 4.78 is 0. The third-order valence-electron chi connectivity index (χ3n) is 3.37. The van der Waals surface area contributed by atoms with E-state index in [1.807, 2.05) is 24.3 Å². The SMILES string of the molecule is CCc1ccc(C(O)c2ccc3c(c2)CC(=O)N3)s1. The number of aryl methyl sites for hydroxylation is 1. The Kier molecular flexibility index (Phi) is 3.12. The fourth-order valence-electron chi connectivity index (χ4n) is 2.32. The van der Waals surface area contributed by atoms with Crippen LogP contribution in [0, 0.1) is 0 Å². The fourth-order valence-corrected chi connectivity index (χ4v) is 3.28. The van der Waals surface area contributed by atoms with Crippen molar-refractivity contribution >= 4 is 22.9 Å². The molecule has 0 spiro atoms. The van der Waals surface area contributed by atoms with Gasteiger partial charge in [-0.25, -0.2) is 0 Å². The second-order valence-corrected chi connectivity index (χ2v) is 5.90. The lowest BCUT2D eigenvalue weighted by molar-refractivity contribution is -0.115. The fraction of sp³-hybridized carbons (Fsp3) is 0.267. The maximum atomic E-state index is 11.3. The van der Waals surface area contributed by atoms with Crippen LogP contribution in [0.25, 0.3) is 0 Å². The van der Waals surface area contributed by atoms with Crippen LogP contribution in [0.3, 0.4) is 0 Å². The van der Waals surface area contributed by atoms with E-state index in [1.54, 1.807) is 11.3 Å². The normalized spacial score (nSPS) is 15.2. The van der Waals surface area contributed by atoms with Gasteiger partial charge in [-0.2, -0.15) is 0 Å². The Morgan fingerprint density at radius 3 is 2.95 bits per heavy atom. The minimum atomic E-state index is -0.605. The number of benzene rings is 1. The monoisotopic (exact) mass is 273 g/mol. The number of aliphatic hydroxyl groups is 1. The number of aliphatic hydroxyl groups excluding tert-OH is 1. The molecule has 0 saturated heterocycles. The average Bonchev–Trinajstić information content (AvgIpc) is 3.01. The quantitative estimate of drug-likeness (QED) is 0.903. The second-order valence-electron chi connectivity index (χ2n) is 4.70. The van der Waals surface area contributed by atoms with Crippen molar-refractivity contribution in [2.24, 2.45) is 0 Å². The maximum Gasteiger partial charge on any atom is 0.228 e. The van der Waals surface area contributed by atoms with Gasteiger partial charge in [0.1, 0.15) is 6.10 Å². The molecule has 4 heteroatoms. The second kappa shape index (κ2) is 4.79. The number of rotatable bonds is 3. The van der Waals surface area contributed by atoms with E-state index in [9.17, 15) is 9.90 Å². The minimum absolute atomic E-state index is 0.0195. The summed E-state index contributed by atoms with van der Waals surface area (Å²) in [7, 11) is 0. The average molecular weight is 273 g/mol. The number of hydrogen-bond acceptors (Lipinski definition) is 3. The lowest BCUT2D eigenvalue weighted by Crippen LogP contribution is -2.03. The molecule has 98 valence electrons. The molecule has 2 aromatic rings. The molecular formula is C15H15NO2S. The molecule has 1 aliphatic heterocycles. The number of fused-ring (bicyclic) bond motifs is 1. The Hall–Kier alpha value is -1.65. The number of thiophene rings is 1. The molecule has 1 unspecified atom stereocenters. The summed E-state index contributed by atoms with van der Waals surface area (Å²) in [5.74, 6) is 0.0195. The number of nitrogens with one attached hydrogen (secondary N) is 1. The highest BCUT2D eigenvalue weighted by Gasteiger charge is 2.20. The predicted octanol–water partition coefficient (Wildman–Crippen LogP) is 2.89. The van der Waals surface area contributed by atoms with E-state index >= 15 is 0 Å². The van der Waals surface area contributed by atoms with Crippen LogP contribution >= 0.6 is 11.3 Å². The Bertz CT molecular complexity index is 633. The summed E-state index contributed by atoms with van der Waals surface area (Å²) in [6, 6.07) is 9.70. The van der Waals surface area contributed by atoms with Gasteiger partial charge >= 0.3 is 0 Å². The van der Waals surface area contributed by atoms with E-state index < -0.39 is 6.10 Å². The first-order valence-electron chi connectivity index (χ1n) is 6.36. The van der Waals surface area contributed by atoms with E-state index in [2.05, 4.69) is 18.3 Å². The summed E-state index contributed by atoms with van der Waals surface area (Å²) in [6.45, 7) is 2.11. The molecule has 0 saturated carbocycles. The van der Waals surface area contributed by atoms with Crippen LogP contribution < -0.4 is 5.32 Å². The first-order valence-corrected chi connectivity index (χ1v) is 7.18. The largest absolute Gasteiger partial charge is 0.383 e. The topological polar surface area (TPSA) is 49.3 Å². The van der Waals surface area contributed by atoms with Crippen LogP contribution in [0.15, 0.2) is 30.3 Å². The number of carbonyl (C=O) groups excluding carboxylic acids is 1. The standard InChI is InChI=1S/C15H15NO2S/c1-2-11-4-6-13(19-11)15(18)9-3-5-12-10(7-9)8-14(17)16-12/h3-7,15,18H,2,8H2,1H3,(H,16,17). The number of hydrogen-bond donors (Lipinski definition) is 2. The zero-order valence-corrected chi connectivity index (χ0v) is 11.5. The van der Waals surface area contributed by atoms with E-state index in [1.165, 1.54) is 4.88 Å². The first kappa shape index (κ1) is 12.4. The zero-order chi connectivity index (χ0) is 13.4. The van der Waals surface area contributed by atoms with Crippen LogP contribution in [-0.2, 0) is 17.6 Å². The smallest absolute Gasteiger partial charge is 0.228 e. The van der Waals surface area contributed by atoms with Crippen LogP contribution in [0.5, 0.6) is 0 Å². The van der Waals surface area contributed by atoms with Crippen LogP contribution in [-0.4, -0.2) is 11.0 Å². The molecule has 0 radical (unpaired) electrons. The van der Waals surface area contributed by atoms with Crippen molar-refractivity contribution in [3.8, 4) is 0 Å². The molecule has 2 heterocycles. The van der Waals surface area contributed by atoms with Crippen molar-refractivity contribution in [1.82, 2.24) is 0 Å². The lowest BCUT2D eigenvalue weighted by Gasteiger charge is -2.10. The van der Waals surface area contributed by atoms with E-state index in [4.69, 9.17) is 0 Å². The highest BCUT2D eigenvalue weighted by atomic mass is 32.1. The molecule has 0 bridgehead atoms. The molecule has 2 N–H and O–H groups in total. The molecular weight excluding hydrogens is 258 g/mol. The lowest BCUT2D eigenvalue weighted by atomic mass is 10.0. The first-order chi connectivity index (χ1) is 9.17. The van der Waals surface area contributed by atoms with Crippen molar-refractivity contribution in [3.05, 3.63) is 51.2 Å². The van der Waals surface area contributed by atoms with Gasteiger partial charge in [0.05, 0.1) is 6.42 Å². The van der Waals surface area contributed by atoms with Crippen LogP contribution in [0.1, 0.15) is 33.9 Å². The molecule has 0 aliphatic carbocycles. The third kappa shape index (κ3) is 2.29. The van der Waals surface area contributed by atoms with E-state index in [0.717, 1.165) is 28.1 Å². The van der Waals surface area contributed by atoms with Crippen LogP contribution in [0.2, 0.25) is 0 Å². The number of anilines is 1. The zero-order valence-electron chi connectivity index (χ0n) is 10.6. The molecule has 0 fully saturated rings. The molecule has 1 aromatic carbocycles. The van der Waals surface area contributed by atoms with Gasteiger partial charge < -0.3 is 10.4 Å². The molecule has 1 aliphatic rings. The maximum absolute atomic E-state index is 11.3. The van der Waals surface area contributed by atoms with Gasteiger partial charge in [-0.05, 0) is 35.7 Å². The third-order valence-corrected chi connectivity index (χ3v) is 4.65. The van der Waals surface area contributed by atoms with Gasteiger partial charge in [0.2, 0.25) is 5.91 Å². The molecule has 1 atom stereocenters. The summed E-state index contributed by atoms with van der Waals surface area (Å²) in [5.41, 5.74) is 2.68. The van der Waals surface area contributed by atoms with Crippen molar-refractivity contribution < 1.29 is 9.90 Å². The van der Waals surface area contributed by atoms with Gasteiger partial charge in [0, 0.05) is 15.4 Å².